The molecule has 140 valence electrons. The molecule has 0 bridgehead atoms. The van der Waals surface area contributed by atoms with Crippen LogP contribution in [0.15, 0.2) is 48.9 Å². The maximum atomic E-state index is 12.5. The summed E-state index contributed by atoms with van der Waals surface area (Å²) in [5, 5.41) is 10.2. The number of aryl methyl sites for hydroxylation is 2. The zero-order chi connectivity index (χ0) is 19.2. The smallest absolute Gasteiger partial charge is 0.337 e. The average Bonchev–Trinajstić information content (AvgIpc) is 3.28. The lowest BCUT2D eigenvalue weighted by Gasteiger charge is -2.00. The van der Waals surface area contributed by atoms with E-state index in [4.69, 9.17) is 0 Å². The summed E-state index contributed by atoms with van der Waals surface area (Å²) in [6.45, 7) is -0.506. The van der Waals surface area contributed by atoms with Crippen LogP contribution in [0.2, 0.25) is 0 Å². The third-order valence-corrected chi connectivity index (χ3v) is 5.25. The minimum atomic E-state index is -1.11. The summed E-state index contributed by atoms with van der Waals surface area (Å²) in [5.41, 5.74) is 1.52. The Morgan fingerprint density at radius 3 is 2.67 bits per heavy atom. The van der Waals surface area contributed by atoms with Gasteiger partial charge in [0.25, 0.3) is 0 Å². The topological polar surface area (TPSA) is 72.2 Å². The quantitative estimate of drug-likeness (QED) is 0.603. The van der Waals surface area contributed by atoms with Gasteiger partial charge in [0.15, 0.2) is 0 Å². The molecule has 0 saturated carbocycles. The fourth-order valence-electron chi connectivity index (χ4n) is 2.82. The number of thiazole rings is 1. The molecular formula is C20H19FN2O3S. The van der Waals surface area contributed by atoms with E-state index in [-0.39, 0.29) is 24.3 Å². The first-order chi connectivity index (χ1) is 13.1. The van der Waals surface area contributed by atoms with Crippen LogP contribution in [-0.2, 0) is 24.2 Å². The lowest BCUT2D eigenvalue weighted by Crippen LogP contribution is -2.07. The molecule has 0 aliphatic heterocycles. The third-order valence-electron chi connectivity index (χ3n) is 4.15. The summed E-state index contributed by atoms with van der Waals surface area (Å²) in [6, 6.07) is 9.83. The fourth-order valence-corrected chi connectivity index (χ4v) is 3.73. The van der Waals surface area contributed by atoms with Crippen molar-refractivity contribution in [3.05, 3.63) is 64.9 Å². The zero-order valence-corrected chi connectivity index (χ0v) is 15.4. The number of carbonyl (C=O) groups is 2. The Balaban J connectivity index is 1.60. The van der Waals surface area contributed by atoms with Crippen molar-refractivity contribution in [3.8, 4) is 10.6 Å². The molecule has 5 nitrogen and oxygen atoms in total. The third kappa shape index (κ3) is 4.89. The number of Topliss-reactive ketones (excluding diaryl/α,β-unsaturated/α-hetero) is 1. The molecule has 0 fully saturated rings. The molecule has 0 aliphatic rings. The molecule has 0 aliphatic carbocycles. The summed E-state index contributed by atoms with van der Waals surface area (Å²) in [4.78, 5) is 29.0. The normalized spacial score (nSPS) is 10.9. The van der Waals surface area contributed by atoms with E-state index in [1.807, 2.05) is 30.3 Å². The maximum Gasteiger partial charge on any atom is 0.337 e. The number of halogens is 1. The zero-order valence-electron chi connectivity index (χ0n) is 14.6. The largest absolute Gasteiger partial charge is 0.478 e. The summed E-state index contributed by atoms with van der Waals surface area (Å²) in [7, 11) is 0. The number of aromatic nitrogens is 2. The highest BCUT2D eigenvalue weighted by atomic mass is 32.1. The number of ketones is 1. The molecular weight excluding hydrogens is 367 g/mol. The Hall–Kier alpha value is -2.80. The van der Waals surface area contributed by atoms with Gasteiger partial charge in [-0.1, -0.05) is 30.3 Å². The fraction of sp³-hybridized carbons (Fsp3) is 0.250. The number of hydrogen-bond acceptors (Lipinski definition) is 4. The van der Waals surface area contributed by atoms with Gasteiger partial charge in [0.1, 0.15) is 17.5 Å². The van der Waals surface area contributed by atoms with E-state index in [1.165, 1.54) is 10.8 Å². The summed E-state index contributed by atoms with van der Waals surface area (Å²) in [5.74, 6) is -1.16. The Morgan fingerprint density at radius 2 is 1.96 bits per heavy atom. The van der Waals surface area contributed by atoms with Gasteiger partial charge in [-0.15, -0.1) is 11.3 Å². The standard InChI is InChI=1S/C20H19FN2O3S/c21-8-9-23-12-15(18(13-23)20(25)26)10-16(24)6-7-17-11-22-19(27-17)14-4-2-1-3-5-14/h1-5,11-13H,6-10H2,(H,25,26). The van der Waals surface area contributed by atoms with E-state index in [2.05, 4.69) is 4.98 Å². The second kappa shape index (κ2) is 8.73. The number of aromatic carboxylic acids is 1. The van der Waals surface area contributed by atoms with Crippen LogP contribution in [0, 0.1) is 0 Å². The van der Waals surface area contributed by atoms with Crippen molar-refractivity contribution in [1.29, 1.82) is 0 Å². The maximum absolute atomic E-state index is 12.5. The SMILES string of the molecule is O=C(CCc1cnc(-c2ccccc2)s1)Cc1cn(CCF)cc1C(=O)O. The molecule has 0 amide bonds. The minimum absolute atomic E-state index is 0.0330. The molecule has 27 heavy (non-hydrogen) atoms. The van der Waals surface area contributed by atoms with E-state index in [0.29, 0.717) is 18.4 Å². The second-order valence-corrected chi connectivity index (χ2v) is 7.26. The molecule has 1 N–H and O–H groups in total. The highest BCUT2D eigenvalue weighted by Gasteiger charge is 2.16. The van der Waals surface area contributed by atoms with Crippen molar-refractivity contribution in [1.82, 2.24) is 9.55 Å². The van der Waals surface area contributed by atoms with Gasteiger partial charge in [0.2, 0.25) is 0 Å². The lowest BCUT2D eigenvalue weighted by atomic mass is 10.0. The molecule has 0 unspecified atom stereocenters. The summed E-state index contributed by atoms with van der Waals surface area (Å²) < 4.78 is 14.0. The van der Waals surface area contributed by atoms with Crippen molar-refractivity contribution >= 4 is 23.1 Å². The number of benzene rings is 1. The minimum Gasteiger partial charge on any atom is -0.478 e. The van der Waals surface area contributed by atoms with Gasteiger partial charge in [-0.3, -0.25) is 4.79 Å². The van der Waals surface area contributed by atoms with E-state index >= 15 is 0 Å². The van der Waals surface area contributed by atoms with Crippen LogP contribution in [0.3, 0.4) is 0 Å². The number of hydrogen-bond donors (Lipinski definition) is 1. The number of carbonyl (C=O) groups excluding carboxylic acids is 1. The van der Waals surface area contributed by atoms with Gasteiger partial charge < -0.3 is 9.67 Å². The Bertz CT molecular complexity index is 934. The summed E-state index contributed by atoms with van der Waals surface area (Å²) >= 11 is 1.55. The molecule has 3 aromatic rings. The lowest BCUT2D eigenvalue weighted by molar-refractivity contribution is -0.118. The van der Waals surface area contributed by atoms with Gasteiger partial charge in [-0.25, -0.2) is 14.2 Å². The Kier molecular flexibility index (Phi) is 6.13. The predicted octanol–water partition coefficient (Wildman–Crippen LogP) is 4.02. The van der Waals surface area contributed by atoms with Gasteiger partial charge in [-0.05, 0) is 12.0 Å². The molecule has 0 spiro atoms. The second-order valence-electron chi connectivity index (χ2n) is 6.14. The van der Waals surface area contributed by atoms with Gasteiger partial charge in [0, 0.05) is 41.9 Å². The molecule has 2 aromatic heterocycles. The van der Waals surface area contributed by atoms with E-state index < -0.39 is 12.6 Å². The average molecular weight is 386 g/mol. The van der Waals surface area contributed by atoms with Crippen LogP contribution in [0.25, 0.3) is 10.6 Å². The van der Waals surface area contributed by atoms with E-state index in [9.17, 15) is 19.1 Å². The van der Waals surface area contributed by atoms with E-state index in [1.54, 1.807) is 23.7 Å². The number of nitrogens with zero attached hydrogens (tertiary/aromatic N) is 2. The number of rotatable bonds is 9. The molecule has 1 aromatic carbocycles. The van der Waals surface area contributed by atoms with Crippen molar-refractivity contribution in [2.24, 2.45) is 0 Å². The molecule has 0 radical (unpaired) electrons. The van der Waals surface area contributed by atoms with Crippen molar-refractivity contribution in [3.63, 3.8) is 0 Å². The highest BCUT2D eigenvalue weighted by Crippen LogP contribution is 2.25. The molecule has 2 heterocycles. The number of carboxylic acids is 1. The summed E-state index contributed by atoms with van der Waals surface area (Å²) in [6.07, 6.45) is 5.60. The highest BCUT2D eigenvalue weighted by molar-refractivity contribution is 7.15. The molecule has 0 saturated heterocycles. The van der Waals surface area contributed by atoms with Crippen LogP contribution < -0.4 is 0 Å². The number of alkyl halides is 1. The first kappa shape index (κ1) is 19.0. The van der Waals surface area contributed by atoms with Crippen molar-refractivity contribution in [2.75, 3.05) is 6.67 Å². The van der Waals surface area contributed by atoms with Gasteiger partial charge in [0.05, 0.1) is 12.1 Å². The molecule has 7 heteroatoms. The van der Waals surface area contributed by atoms with E-state index in [0.717, 1.165) is 15.4 Å². The van der Waals surface area contributed by atoms with Crippen LogP contribution in [-0.4, -0.2) is 33.1 Å². The molecule has 3 rings (SSSR count). The van der Waals surface area contributed by atoms with Crippen LogP contribution in [0.5, 0.6) is 0 Å². The van der Waals surface area contributed by atoms with Crippen LogP contribution >= 0.6 is 11.3 Å². The van der Waals surface area contributed by atoms with Crippen molar-refractivity contribution in [2.45, 2.75) is 25.8 Å². The number of carboxylic acid groups (broad SMARTS) is 1. The predicted molar refractivity (Wildman–Crippen MR) is 102 cm³/mol. The van der Waals surface area contributed by atoms with Crippen LogP contribution in [0.4, 0.5) is 4.39 Å². The van der Waals surface area contributed by atoms with Gasteiger partial charge in [-0.2, -0.15) is 0 Å². The first-order valence-corrected chi connectivity index (χ1v) is 9.38. The van der Waals surface area contributed by atoms with Gasteiger partial charge >= 0.3 is 5.97 Å². The van der Waals surface area contributed by atoms with Crippen LogP contribution in [0.1, 0.15) is 27.2 Å². The Morgan fingerprint density at radius 1 is 1.19 bits per heavy atom. The van der Waals surface area contributed by atoms with Crippen molar-refractivity contribution < 1.29 is 19.1 Å². The monoisotopic (exact) mass is 386 g/mol. The molecule has 0 atom stereocenters. The first-order valence-electron chi connectivity index (χ1n) is 8.56. The Labute approximate surface area is 160 Å².